The van der Waals surface area contributed by atoms with E-state index in [1.165, 1.54) is 6.08 Å². The average Bonchev–Trinajstić information content (AvgIpc) is 1.35. The third kappa shape index (κ3) is 10.7. The Morgan fingerprint density at radius 3 is 2.14 bits per heavy atom. The summed E-state index contributed by atoms with van der Waals surface area (Å²) in [6.07, 6.45) is 2.56. The molecule has 2 nitrogen and oxygen atoms in total. The Hall–Kier alpha value is 0.132. The van der Waals surface area contributed by atoms with Crippen LogP contribution in [0.4, 0.5) is 0 Å². The molecule has 3 heteroatoms. The molecule has 0 aromatic rings. The van der Waals surface area contributed by atoms with Crippen molar-refractivity contribution in [2.75, 3.05) is 0 Å². The molecule has 0 bridgehead atoms. The van der Waals surface area contributed by atoms with Gasteiger partial charge in [-0.1, -0.05) is 6.08 Å². The zero-order valence-corrected chi connectivity index (χ0v) is 7.90. The fraction of sp³-hybridized carbons (Fsp3) is 0.250. The smallest absolute Gasteiger partial charge is 0.327 e. The van der Waals surface area contributed by atoms with Crippen molar-refractivity contribution in [2.24, 2.45) is 0 Å². The van der Waals surface area contributed by atoms with Crippen LogP contribution in [-0.4, -0.2) is 38.4 Å². The molecule has 1 N–H and O–H groups in total. The van der Waals surface area contributed by atoms with Crippen LogP contribution in [0.1, 0.15) is 6.92 Å². The van der Waals surface area contributed by atoms with Gasteiger partial charge in [-0.05, 0) is 6.92 Å². The number of carbonyl (C=O) groups is 1. The van der Waals surface area contributed by atoms with E-state index in [0.717, 1.165) is 6.08 Å². The first-order valence-corrected chi connectivity index (χ1v) is 1.63. The third-order valence-corrected chi connectivity index (χ3v) is 0.309. The summed E-state index contributed by atoms with van der Waals surface area (Å²) in [4.78, 5) is 9.51. The number of hydrogen-bond acceptors (Lipinski definition) is 1. The van der Waals surface area contributed by atoms with Crippen molar-refractivity contribution in [3.05, 3.63) is 12.2 Å². The van der Waals surface area contributed by atoms with E-state index >= 15 is 0 Å². The van der Waals surface area contributed by atoms with E-state index in [4.69, 9.17) is 5.11 Å². The van der Waals surface area contributed by atoms with Crippen LogP contribution < -0.4 is 0 Å². The van der Waals surface area contributed by atoms with Crippen molar-refractivity contribution >= 4 is 33.3 Å². The molecule has 4 radical (unpaired) electrons. The van der Waals surface area contributed by atoms with Gasteiger partial charge in [-0.25, -0.2) is 4.79 Å². The normalized spacial score (nSPS) is 8.14. The predicted octanol–water partition coefficient (Wildman–Crippen LogP) is 0.266. The van der Waals surface area contributed by atoms with Gasteiger partial charge in [-0.15, -0.1) is 0 Å². The van der Waals surface area contributed by atoms with Crippen LogP contribution in [-0.2, 0) is 4.79 Å². The number of rotatable bonds is 1. The summed E-state index contributed by atoms with van der Waals surface area (Å²) < 4.78 is 0. The molecule has 0 saturated carbocycles. The molecule has 0 aliphatic heterocycles. The van der Waals surface area contributed by atoms with E-state index in [9.17, 15) is 4.79 Å². The first-order valence-electron chi connectivity index (χ1n) is 1.63. The van der Waals surface area contributed by atoms with Gasteiger partial charge in [0, 0.05) is 33.4 Å². The van der Waals surface area contributed by atoms with Crippen LogP contribution in [0.2, 0.25) is 0 Å². The minimum Gasteiger partial charge on any atom is -0.478 e. The second-order valence-electron chi connectivity index (χ2n) is 0.838. The van der Waals surface area contributed by atoms with E-state index in [-0.39, 0.29) is 27.3 Å². The number of carboxylic acids is 1. The van der Waals surface area contributed by atoms with Gasteiger partial charge in [-0.3, -0.25) is 0 Å². The minimum absolute atomic E-state index is 0. The van der Waals surface area contributed by atoms with Crippen molar-refractivity contribution < 1.29 is 9.90 Å². The summed E-state index contributed by atoms with van der Waals surface area (Å²) >= 11 is 0. The summed E-state index contributed by atoms with van der Waals surface area (Å²) in [7, 11) is 0. The molecule has 38 valence electrons. The van der Waals surface area contributed by atoms with Crippen molar-refractivity contribution in [1.82, 2.24) is 0 Å². The van der Waals surface area contributed by atoms with Crippen molar-refractivity contribution in [3.8, 4) is 0 Å². The molecule has 0 amide bonds. The third-order valence-electron chi connectivity index (χ3n) is 0.309. The summed E-state index contributed by atoms with van der Waals surface area (Å²) in [5, 5.41) is 7.83. The summed E-state index contributed by atoms with van der Waals surface area (Å²) in [6, 6.07) is 0. The minimum atomic E-state index is -0.891. The first-order chi connectivity index (χ1) is 2.77. The van der Waals surface area contributed by atoms with E-state index < -0.39 is 5.97 Å². The van der Waals surface area contributed by atoms with Gasteiger partial charge in [0.05, 0.1) is 0 Å². The number of aliphatic carboxylic acids is 1. The molecule has 0 fully saturated rings. The number of carboxylic acid groups (broad SMARTS) is 1. The van der Waals surface area contributed by atoms with Crippen LogP contribution in [0, 0.1) is 0 Å². The van der Waals surface area contributed by atoms with Crippen LogP contribution in [0.3, 0.4) is 0 Å². The monoisotopic (exact) mass is 294 g/mol. The molecule has 7 heavy (non-hydrogen) atoms. The zero-order chi connectivity index (χ0) is 4.99. The molecule has 0 saturated heterocycles. The largest absolute Gasteiger partial charge is 0.478 e. The Morgan fingerprint density at radius 2 is 2.14 bits per heavy atom. The Balaban J connectivity index is 0. The molecule has 0 aliphatic carbocycles. The van der Waals surface area contributed by atoms with Crippen molar-refractivity contribution in [1.29, 1.82) is 0 Å². The van der Waals surface area contributed by atoms with Gasteiger partial charge in [0.15, 0.2) is 0 Å². The Kier molecular flexibility index (Phi) is 8.92. The molecule has 0 aliphatic rings. The van der Waals surface area contributed by atoms with Gasteiger partial charge in [0.1, 0.15) is 0 Å². The summed E-state index contributed by atoms with van der Waals surface area (Å²) in [5.74, 6) is -0.891. The fourth-order valence-corrected chi connectivity index (χ4v) is 0.143. The van der Waals surface area contributed by atoms with Crippen LogP contribution in [0.5, 0.6) is 0 Å². The van der Waals surface area contributed by atoms with E-state index in [1.54, 1.807) is 6.92 Å². The molecule has 0 aromatic carbocycles. The molecule has 0 atom stereocenters. The quantitative estimate of drug-likeness (QED) is 0.556. The molecular weight excluding hydrogens is 287 g/mol. The molecule has 0 rings (SSSR count). The summed E-state index contributed by atoms with van der Waals surface area (Å²) in [5.41, 5.74) is 0. The van der Waals surface area contributed by atoms with E-state index in [1.807, 2.05) is 0 Å². The fourth-order valence-electron chi connectivity index (χ4n) is 0.143. The standard InChI is InChI=1S/C4H6O2.Pb/c1-2-3-4(5)6;/h2-3H,1H3,(H,5,6);. The Bertz CT molecular complexity index is 77.8. The number of hydrogen-bond donors (Lipinski definition) is 1. The molecule has 0 heterocycles. The average molecular weight is 293 g/mol. The second-order valence-corrected chi connectivity index (χ2v) is 0.838. The van der Waals surface area contributed by atoms with E-state index in [2.05, 4.69) is 0 Å². The van der Waals surface area contributed by atoms with Gasteiger partial charge in [0.25, 0.3) is 0 Å². The van der Waals surface area contributed by atoms with Gasteiger partial charge < -0.3 is 5.11 Å². The predicted molar refractivity (Wildman–Crippen MR) is 28.2 cm³/mol. The Labute approximate surface area is 62.4 Å². The maximum Gasteiger partial charge on any atom is 0.327 e. The zero-order valence-electron chi connectivity index (χ0n) is 4.01. The van der Waals surface area contributed by atoms with Crippen LogP contribution in [0.25, 0.3) is 0 Å². The SMILES string of the molecule is CC=CC(=O)O.[Pb]. The summed E-state index contributed by atoms with van der Waals surface area (Å²) in [6.45, 7) is 1.66. The maximum absolute atomic E-state index is 9.51. The van der Waals surface area contributed by atoms with Crippen molar-refractivity contribution in [2.45, 2.75) is 6.92 Å². The van der Waals surface area contributed by atoms with Crippen LogP contribution >= 0.6 is 0 Å². The Morgan fingerprint density at radius 1 is 1.71 bits per heavy atom. The number of allylic oxidation sites excluding steroid dienone is 1. The first kappa shape index (κ1) is 10.2. The second kappa shape index (κ2) is 6.13. The topological polar surface area (TPSA) is 37.3 Å². The molecule has 0 spiro atoms. The van der Waals surface area contributed by atoms with Crippen LogP contribution in [0.15, 0.2) is 12.2 Å². The molecule has 0 aromatic heterocycles. The van der Waals surface area contributed by atoms with Gasteiger partial charge >= 0.3 is 5.97 Å². The van der Waals surface area contributed by atoms with Gasteiger partial charge in [0.2, 0.25) is 0 Å². The van der Waals surface area contributed by atoms with Crippen molar-refractivity contribution in [3.63, 3.8) is 0 Å². The molecule has 0 unspecified atom stereocenters. The van der Waals surface area contributed by atoms with Gasteiger partial charge in [-0.2, -0.15) is 0 Å². The van der Waals surface area contributed by atoms with E-state index in [0.29, 0.717) is 0 Å². The molecular formula is C4H6O2Pb. The maximum atomic E-state index is 9.51.